The van der Waals surface area contributed by atoms with E-state index in [9.17, 15) is 4.79 Å². The number of anilines is 2. The zero-order valence-electron chi connectivity index (χ0n) is 14.7. The van der Waals surface area contributed by atoms with Crippen LogP contribution in [0.1, 0.15) is 10.6 Å². The Morgan fingerprint density at radius 1 is 1.14 bits per heavy atom. The van der Waals surface area contributed by atoms with Gasteiger partial charge in [0.1, 0.15) is 29.4 Å². The third kappa shape index (κ3) is 3.26. The minimum absolute atomic E-state index is 0.0508. The lowest BCUT2D eigenvalue weighted by Gasteiger charge is -2.11. The van der Waals surface area contributed by atoms with Crippen molar-refractivity contribution in [2.24, 2.45) is 0 Å². The van der Waals surface area contributed by atoms with Crippen LogP contribution in [0.5, 0.6) is 5.75 Å². The first-order valence-corrected chi connectivity index (χ1v) is 8.18. The number of carbonyl (C=O) groups excluding carboxylic acids is 1. The van der Waals surface area contributed by atoms with Gasteiger partial charge < -0.3 is 14.5 Å². The molecule has 0 saturated heterocycles. The molecule has 10 heteroatoms. The van der Waals surface area contributed by atoms with Crippen LogP contribution in [0.4, 0.5) is 11.5 Å². The van der Waals surface area contributed by atoms with Crippen molar-refractivity contribution in [2.75, 3.05) is 17.9 Å². The lowest BCUT2D eigenvalue weighted by Crippen LogP contribution is -2.33. The summed E-state index contributed by atoms with van der Waals surface area (Å²) in [6.45, 7) is 0. The lowest BCUT2D eigenvalue weighted by molar-refractivity contribution is 0.0980. The van der Waals surface area contributed by atoms with Gasteiger partial charge in [-0.05, 0) is 36.4 Å². The quantitative estimate of drug-likeness (QED) is 0.485. The van der Waals surface area contributed by atoms with E-state index < -0.39 is 5.91 Å². The van der Waals surface area contributed by atoms with Crippen molar-refractivity contribution in [1.82, 2.24) is 19.6 Å². The number of nitrogens with one attached hydrogen (secondary N) is 3. The molecule has 1 amide bonds. The van der Waals surface area contributed by atoms with Crippen LogP contribution < -0.4 is 21.0 Å². The molecule has 0 aliphatic heterocycles. The topological polar surface area (TPSA) is 131 Å². The van der Waals surface area contributed by atoms with Gasteiger partial charge in [-0.15, -0.1) is 0 Å². The fourth-order valence-electron chi connectivity index (χ4n) is 2.52. The molecular formula is C18H15N7O3. The highest BCUT2D eigenvalue weighted by Gasteiger charge is 2.13. The van der Waals surface area contributed by atoms with Crippen molar-refractivity contribution in [2.45, 2.75) is 0 Å². The Balaban J connectivity index is 1.66. The number of nitrogens with zero attached hydrogens (tertiary/aromatic N) is 4. The maximum Gasteiger partial charge on any atom is 0.305 e. The zero-order valence-corrected chi connectivity index (χ0v) is 14.7. The Labute approximate surface area is 158 Å². The van der Waals surface area contributed by atoms with Crippen LogP contribution in [0, 0.1) is 5.41 Å². The Kier molecular flexibility index (Phi) is 4.42. The van der Waals surface area contributed by atoms with Gasteiger partial charge in [-0.3, -0.25) is 15.6 Å². The van der Waals surface area contributed by atoms with E-state index in [1.54, 1.807) is 13.2 Å². The summed E-state index contributed by atoms with van der Waals surface area (Å²) in [5.41, 5.74) is 3.92. The molecule has 0 fully saturated rings. The smallest absolute Gasteiger partial charge is 0.305 e. The van der Waals surface area contributed by atoms with Gasteiger partial charge in [0.2, 0.25) is 0 Å². The van der Waals surface area contributed by atoms with Crippen molar-refractivity contribution >= 4 is 28.4 Å². The molecule has 4 aromatic rings. The number of rotatable bonds is 5. The van der Waals surface area contributed by atoms with Crippen molar-refractivity contribution in [3.05, 3.63) is 66.6 Å². The average Bonchev–Trinajstić information content (AvgIpc) is 3.26. The van der Waals surface area contributed by atoms with Crippen LogP contribution in [0.3, 0.4) is 0 Å². The molecule has 0 aliphatic rings. The summed E-state index contributed by atoms with van der Waals surface area (Å²) < 4.78 is 11.4. The van der Waals surface area contributed by atoms with E-state index in [0.717, 1.165) is 16.1 Å². The normalized spacial score (nSPS) is 10.6. The van der Waals surface area contributed by atoms with Crippen molar-refractivity contribution in [1.29, 1.82) is 5.41 Å². The molecule has 10 nitrogen and oxygen atoms in total. The fraction of sp³-hybridized carbons (Fsp3) is 0.0556. The molecule has 0 saturated carbocycles. The van der Waals surface area contributed by atoms with Gasteiger partial charge in [-0.2, -0.15) is 0 Å². The first-order chi connectivity index (χ1) is 13.7. The summed E-state index contributed by atoms with van der Waals surface area (Å²) in [6.07, 6.45) is 4.03. The highest BCUT2D eigenvalue weighted by molar-refractivity contribution is 5.97. The second kappa shape index (κ2) is 7.19. The van der Waals surface area contributed by atoms with E-state index in [4.69, 9.17) is 14.6 Å². The monoisotopic (exact) mass is 377 g/mol. The number of hydrogen-bond donors (Lipinski definition) is 3. The Bertz CT molecular complexity index is 1180. The van der Waals surface area contributed by atoms with E-state index in [2.05, 4.69) is 25.7 Å². The largest absolute Gasteiger partial charge is 0.497 e. The van der Waals surface area contributed by atoms with Gasteiger partial charge in [0, 0.05) is 5.69 Å². The van der Waals surface area contributed by atoms with E-state index in [-0.39, 0.29) is 16.8 Å². The van der Waals surface area contributed by atoms with Gasteiger partial charge in [0.15, 0.2) is 17.1 Å². The van der Waals surface area contributed by atoms with Crippen molar-refractivity contribution in [3.63, 3.8) is 0 Å². The Morgan fingerprint density at radius 2 is 1.96 bits per heavy atom. The molecule has 0 spiro atoms. The molecule has 0 unspecified atom stereocenters. The third-order valence-electron chi connectivity index (χ3n) is 3.91. The van der Waals surface area contributed by atoms with Crippen LogP contribution in [-0.4, -0.2) is 32.6 Å². The van der Waals surface area contributed by atoms with E-state index >= 15 is 0 Å². The third-order valence-corrected chi connectivity index (χ3v) is 3.91. The van der Waals surface area contributed by atoms with Gasteiger partial charge in [-0.1, -0.05) is 0 Å². The molecule has 140 valence electrons. The molecule has 0 aliphatic carbocycles. The van der Waals surface area contributed by atoms with Gasteiger partial charge >= 0.3 is 5.91 Å². The number of hydrogen-bond acceptors (Lipinski definition) is 8. The summed E-state index contributed by atoms with van der Waals surface area (Å²) in [5.74, 6) is 0.790. The number of carbonyl (C=O) groups is 1. The summed E-state index contributed by atoms with van der Waals surface area (Å²) >= 11 is 0. The molecule has 3 aromatic heterocycles. The van der Waals surface area contributed by atoms with Gasteiger partial charge in [-0.25, -0.2) is 19.6 Å². The zero-order chi connectivity index (χ0) is 19.5. The average molecular weight is 377 g/mol. The number of ether oxygens (including phenoxy) is 1. The molecule has 0 bridgehead atoms. The van der Waals surface area contributed by atoms with Crippen molar-refractivity contribution < 1.29 is 13.9 Å². The predicted molar refractivity (Wildman–Crippen MR) is 99.9 cm³/mol. The maximum atomic E-state index is 12.1. The molecule has 28 heavy (non-hydrogen) atoms. The van der Waals surface area contributed by atoms with E-state index in [1.807, 2.05) is 24.3 Å². The highest BCUT2D eigenvalue weighted by atomic mass is 16.5. The summed E-state index contributed by atoms with van der Waals surface area (Å²) in [5, 5.41) is 11.5. The summed E-state index contributed by atoms with van der Waals surface area (Å²) in [6, 6.07) is 10.4. The van der Waals surface area contributed by atoms with Crippen LogP contribution in [0.15, 0.2) is 59.7 Å². The standard InChI is InChI=1S/C18H15N7O3/c1-27-12-6-4-11(5-7-12)23-17-15-14(20-9-21-17)16(19)25(10-22-15)24-18(26)13-3-2-8-28-13/h2-10,19H,1H3,(H,24,26)(H,20,21,23). The molecule has 3 heterocycles. The fourth-order valence-corrected chi connectivity index (χ4v) is 2.52. The van der Waals surface area contributed by atoms with Crippen LogP contribution in [-0.2, 0) is 0 Å². The molecule has 1 aromatic carbocycles. The minimum Gasteiger partial charge on any atom is -0.497 e. The van der Waals surface area contributed by atoms with E-state index in [0.29, 0.717) is 11.3 Å². The lowest BCUT2D eigenvalue weighted by atomic mass is 10.3. The Morgan fingerprint density at radius 3 is 2.68 bits per heavy atom. The molecule has 3 N–H and O–H groups in total. The molecular weight excluding hydrogens is 362 g/mol. The molecule has 0 atom stereocenters. The predicted octanol–water partition coefficient (Wildman–Crippen LogP) is 2.03. The van der Waals surface area contributed by atoms with Crippen LogP contribution in [0.25, 0.3) is 11.0 Å². The van der Waals surface area contributed by atoms with Crippen molar-refractivity contribution in [3.8, 4) is 5.75 Å². The van der Waals surface area contributed by atoms with Gasteiger partial charge in [0.25, 0.3) is 0 Å². The van der Waals surface area contributed by atoms with Crippen LogP contribution in [0.2, 0.25) is 0 Å². The number of aromatic nitrogens is 4. The first kappa shape index (κ1) is 17.2. The number of benzene rings is 1. The minimum atomic E-state index is -0.504. The second-order valence-electron chi connectivity index (χ2n) is 5.65. The SMILES string of the molecule is COc1ccc(Nc2ncnc3c(=N)n(NC(=O)c4ccco4)cnc23)cc1. The second-order valence-corrected chi connectivity index (χ2v) is 5.65. The number of methoxy groups -OCH3 is 1. The molecule has 4 rings (SSSR count). The van der Waals surface area contributed by atoms with Crippen LogP contribution >= 0.6 is 0 Å². The Hall–Kier alpha value is -4.21. The number of fused-ring (bicyclic) bond motifs is 1. The highest BCUT2D eigenvalue weighted by Crippen LogP contribution is 2.21. The summed E-state index contributed by atoms with van der Waals surface area (Å²) in [4.78, 5) is 24.8. The molecule has 0 radical (unpaired) electrons. The van der Waals surface area contributed by atoms with E-state index in [1.165, 1.54) is 25.0 Å². The summed E-state index contributed by atoms with van der Waals surface area (Å²) in [7, 11) is 1.60. The first-order valence-electron chi connectivity index (χ1n) is 8.18. The van der Waals surface area contributed by atoms with Gasteiger partial charge in [0.05, 0.1) is 13.4 Å². The number of furan rings is 1. The number of amides is 1. The maximum absolute atomic E-state index is 12.1.